The van der Waals surface area contributed by atoms with E-state index in [1.54, 1.807) is 18.3 Å². The number of hydrogen-bond donors (Lipinski definition) is 1. The van der Waals surface area contributed by atoms with E-state index in [0.29, 0.717) is 23.6 Å². The first-order valence-corrected chi connectivity index (χ1v) is 8.57. The Kier molecular flexibility index (Phi) is 3.39. The molecule has 0 amide bonds. The van der Waals surface area contributed by atoms with E-state index in [9.17, 15) is 8.78 Å². The zero-order valence-corrected chi connectivity index (χ0v) is 14.7. The van der Waals surface area contributed by atoms with E-state index in [-0.39, 0.29) is 11.5 Å². The quantitative estimate of drug-likeness (QED) is 0.863. The number of nitrogens with two attached hydrogens (primary N) is 1. The number of hydrogen-bond acceptors (Lipinski definition) is 6. The molecule has 3 aliphatic rings. The van der Waals surface area contributed by atoms with Crippen molar-refractivity contribution in [2.45, 2.75) is 13.2 Å². The largest absolute Gasteiger partial charge is 0.586 e. The number of pyridine rings is 1. The van der Waals surface area contributed by atoms with Crippen LogP contribution in [0.15, 0.2) is 63.9 Å². The van der Waals surface area contributed by atoms with Gasteiger partial charge in [-0.05, 0) is 42.8 Å². The zero-order valence-electron chi connectivity index (χ0n) is 14.7. The summed E-state index contributed by atoms with van der Waals surface area (Å²) in [6.07, 6.45) is -0.101. The number of dihydropyridines is 1. The van der Waals surface area contributed by atoms with Gasteiger partial charge in [0.15, 0.2) is 11.5 Å². The molecule has 0 fully saturated rings. The van der Waals surface area contributed by atoms with Crippen LogP contribution in [0, 0.1) is 0 Å². The minimum atomic E-state index is -3.67. The van der Waals surface area contributed by atoms with Gasteiger partial charge in [0.2, 0.25) is 0 Å². The summed E-state index contributed by atoms with van der Waals surface area (Å²) in [5, 5.41) is 0. The number of ether oxygens (including phenoxy) is 2. The summed E-state index contributed by atoms with van der Waals surface area (Å²) in [5.41, 5.74) is 11.4. The molecule has 3 aliphatic heterocycles. The number of aliphatic imine (C=N–C) groups is 2. The Balaban J connectivity index is 1.69. The smallest absolute Gasteiger partial charge is 0.395 e. The molecule has 0 spiro atoms. The molecule has 28 heavy (non-hydrogen) atoms. The van der Waals surface area contributed by atoms with Crippen molar-refractivity contribution in [1.29, 1.82) is 0 Å². The average molecular weight is 380 g/mol. The van der Waals surface area contributed by atoms with Crippen LogP contribution in [-0.4, -0.2) is 29.2 Å². The molecule has 0 radical (unpaired) electrons. The minimum Gasteiger partial charge on any atom is -0.395 e. The van der Waals surface area contributed by atoms with Crippen LogP contribution in [0.1, 0.15) is 18.1 Å². The number of aromatic nitrogens is 1. The Bertz CT molecular complexity index is 1150. The van der Waals surface area contributed by atoms with Crippen molar-refractivity contribution in [1.82, 2.24) is 4.98 Å². The average Bonchev–Trinajstić information content (AvgIpc) is 3.16. The molecule has 0 bridgehead atoms. The van der Waals surface area contributed by atoms with E-state index in [1.165, 1.54) is 12.1 Å². The second-order valence-corrected chi connectivity index (χ2v) is 6.60. The SMILES string of the molecule is CC1=CC2=C(c3ccc4c(c3)OC(F)(F)O4)C(c3ccnc(N)c3)=NCC2=N1. The van der Waals surface area contributed by atoms with Crippen LogP contribution >= 0.6 is 0 Å². The van der Waals surface area contributed by atoms with Crippen molar-refractivity contribution in [3.63, 3.8) is 0 Å². The first-order chi connectivity index (χ1) is 13.4. The van der Waals surface area contributed by atoms with Crippen molar-refractivity contribution < 1.29 is 18.3 Å². The summed E-state index contributed by atoms with van der Waals surface area (Å²) in [7, 11) is 0. The van der Waals surface area contributed by atoms with Gasteiger partial charge in [-0.3, -0.25) is 9.98 Å². The molecule has 0 aliphatic carbocycles. The van der Waals surface area contributed by atoms with Gasteiger partial charge in [-0.15, -0.1) is 8.78 Å². The summed E-state index contributed by atoms with van der Waals surface area (Å²) >= 11 is 0. The van der Waals surface area contributed by atoms with E-state index in [2.05, 4.69) is 24.4 Å². The first kappa shape index (κ1) is 16.6. The Morgan fingerprint density at radius 3 is 2.71 bits per heavy atom. The summed E-state index contributed by atoms with van der Waals surface area (Å²) in [5.74, 6) is 0.341. The number of rotatable bonds is 2. The summed E-state index contributed by atoms with van der Waals surface area (Å²) in [4.78, 5) is 13.2. The number of nitrogens with zero attached hydrogens (tertiary/aromatic N) is 3. The Labute approximate surface area is 158 Å². The fourth-order valence-electron chi connectivity index (χ4n) is 3.52. The molecule has 0 unspecified atom stereocenters. The lowest BCUT2D eigenvalue weighted by atomic mass is 9.88. The van der Waals surface area contributed by atoms with Crippen molar-refractivity contribution in [2.24, 2.45) is 9.98 Å². The third-order valence-corrected chi connectivity index (χ3v) is 4.61. The molecule has 140 valence electrons. The van der Waals surface area contributed by atoms with Crippen LogP contribution < -0.4 is 15.2 Å². The molecule has 2 N–H and O–H groups in total. The zero-order chi connectivity index (χ0) is 19.5. The van der Waals surface area contributed by atoms with Crippen molar-refractivity contribution in [3.8, 4) is 11.5 Å². The van der Waals surface area contributed by atoms with Crippen LogP contribution in [0.3, 0.4) is 0 Å². The van der Waals surface area contributed by atoms with Gasteiger partial charge in [0.25, 0.3) is 0 Å². The number of alkyl halides is 2. The maximum Gasteiger partial charge on any atom is 0.586 e. The van der Waals surface area contributed by atoms with E-state index in [1.807, 2.05) is 19.1 Å². The predicted octanol–water partition coefficient (Wildman–Crippen LogP) is 3.60. The van der Waals surface area contributed by atoms with E-state index >= 15 is 0 Å². The molecular formula is C20H14F2N4O2. The van der Waals surface area contributed by atoms with Crippen molar-refractivity contribution in [2.75, 3.05) is 12.3 Å². The number of anilines is 1. The molecule has 4 heterocycles. The van der Waals surface area contributed by atoms with Crippen LogP contribution in [-0.2, 0) is 0 Å². The highest BCUT2D eigenvalue weighted by atomic mass is 19.3. The second kappa shape index (κ2) is 5.72. The van der Waals surface area contributed by atoms with E-state index in [4.69, 9.17) is 5.73 Å². The van der Waals surface area contributed by atoms with Crippen molar-refractivity contribution in [3.05, 3.63) is 65.0 Å². The highest BCUT2D eigenvalue weighted by Gasteiger charge is 2.43. The van der Waals surface area contributed by atoms with Gasteiger partial charge in [0.05, 0.1) is 18.0 Å². The van der Waals surface area contributed by atoms with Crippen LogP contribution in [0.2, 0.25) is 0 Å². The molecule has 5 rings (SSSR count). The third-order valence-electron chi connectivity index (χ3n) is 4.61. The fraction of sp³-hybridized carbons (Fsp3) is 0.150. The fourth-order valence-corrected chi connectivity index (χ4v) is 3.52. The summed E-state index contributed by atoms with van der Waals surface area (Å²) < 4.78 is 36.0. The molecule has 0 saturated carbocycles. The highest BCUT2D eigenvalue weighted by molar-refractivity contribution is 6.39. The Morgan fingerprint density at radius 1 is 1.07 bits per heavy atom. The lowest BCUT2D eigenvalue weighted by molar-refractivity contribution is -0.286. The molecule has 1 aromatic heterocycles. The van der Waals surface area contributed by atoms with Gasteiger partial charge in [0, 0.05) is 28.6 Å². The van der Waals surface area contributed by atoms with Crippen LogP contribution in [0.4, 0.5) is 14.6 Å². The Morgan fingerprint density at radius 2 is 1.89 bits per heavy atom. The van der Waals surface area contributed by atoms with Gasteiger partial charge in [-0.1, -0.05) is 6.07 Å². The van der Waals surface area contributed by atoms with Gasteiger partial charge in [0.1, 0.15) is 5.82 Å². The second-order valence-electron chi connectivity index (χ2n) is 6.60. The van der Waals surface area contributed by atoms with Crippen LogP contribution in [0.5, 0.6) is 11.5 Å². The van der Waals surface area contributed by atoms with E-state index < -0.39 is 6.29 Å². The number of benzene rings is 1. The molecule has 0 atom stereocenters. The summed E-state index contributed by atoms with van der Waals surface area (Å²) in [6.45, 7) is 2.33. The number of nitrogen functional groups attached to an aromatic ring is 1. The normalized spacial score (nSPS) is 19.2. The Hall–Kier alpha value is -3.55. The number of fused-ring (bicyclic) bond motifs is 2. The molecule has 0 saturated heterocycles. The predicted molar refractivity (Wildman–Crippen MR) is 101 cm³/mol. The standard InChI is InChI=1S/C20H14F2N4O2/c1-10-6-13-14(26-10)9-25-19(12-4-5-24-17(23)8-12)18(13)11-2-3-15-16(7-11)28-20(21,22)27-15/h2-8H,9H2,1H3,(H2,23,24). The number of halogens is 2. The topological polar surface area (TPSA) is 82.1 Å². The van der Waals surface area contributed by atoms with Gasteiger partial charge in [-0.25, -0.2) is 4.98 Å². The lowest BCUT2D eigenvalue weighted by Gasteiger charge is -2.20. The van der Waals surface area contributed by atoms with E-state index in [0.717, 1.165) is 28.1 Å². The van der Waals surface area contributed by atoms with Gasteiger partial charge in [-0.2, -0.15) is 0 Å². The minimum absolute atomic E-state index is 0.00570. The molecule has 1 aromatic carbocycles. The first-order valence-electron chi connectivity index (χ1n) is 8.57. The number of allylic oxidation sites excluding steroid dienone is 3. The molecule has 6 nitrogen and oxygen atoms in total. The van der Waals surface area contributed by atoms with Crippen molar-refractivity contribution >= 4 is 22.8 Å². The highest BCUT2D eigenvalue weighted by Crippen LogP contribution is 2.43. The summed E-state index contributed by atoms with van der Waals surface area (Å²) in [6, 6.07) is 8.24. The molecule has 2 aromatic rings. The molecular weight excluding hydrogens is 366 g/mol. The maximum atomic E-state index is 13.4. The molecule has 8 heteroatoms. The third kappa shape index (κ3) is 2.65. The maximum absolute atomic E-state index is 13.4. The van der Waals surface area contributed by atoms with Gasteiger partial charge < -0.3 is 15.2 Å². The lowest BCUT2D eigenvalue weighted by Crippen LogP contribution is -2.25. The van der Waals surface area contributed by atoms with Gasteiger partial charge >= 0.3 is 6.29 Å². The van der Waals surface area contributed by atoms with Crippen LogP contribution in [0.25, 0.3) is 5.57 Å². The monoisotopic (exact) mass is 380 g/mol.